The van der Waals surface area contributed by atoms with Crippen LogP contribution in [-0.4, -0.2) is 45.7 Å². The van der Waals surface area contributed by atoms with Crippen molar-refractivity contribution in [2.75, 3.05) is 32.0 Å². The third-order valence-corrected chi connectivity index (χ3v) is 5.74. The lowest BCUT2D eigenvalue weighted by atomic mass is 10.1. The number of nitrogens with two attached hydrogens (primary N) is 1. The zero-order valence-electron chi connectivity index (χ0n) is 15.7. The molecule has 1 aliphatic heterocycles. The highest BCUT2D eigenvalue weighted by atomic mass is 19.4. The SMILES string of the molecule is CC(C)c1nc(-c2cnc(N)c(C(F)(F)F)c2)cn1[C@@H]1[C@@H]2CN(CCF)C[C@@H]21. The van der Waals surface area contributed by atoms with Crippen molar-refractivity contribution in [2.45, 2.75) is 32.0 Å². The second kappa shape index (κ2) is 6.72. The van der Waals surface area contributed by atoms with E-state index in [4.69, 9.17) is 5.73 Å². The van der Waals surface area contributed by atoms with E-state index in [0.717, 1.165) is 25.0 Å². The van der Waals surface area contributed by atoms with Crippen molar-refractivity contribution in [1.82, 2.24) is 19.4 Å². The number of anilines is 1. The van der Waals surface area contributed by atoms with Crippen LogP contribution in [0.5, 0.6) is 0 Å². The van der Waals surface area contributed by atoms with E-state index in [1.807, 2.05) is 20.0 Å². The minimum Gasteiger partial charge on any atom is -0.383 e. The van der Waals surface area contributed by atoms with Crippen molar-refractivity contribution in [1.29, 1.82) is 0 Å². The number of fused-ring (bicyclic) bond motifs is 1. The molecule has 0 unspecified atom stereocenters. The summed E-state index contributed by atoms with van der Waals surface area (Å²) in [5, 5.41) is 0. The number of alkyl halides is 4. The van der Waals surface area contributed by atoms with Gasteiger partial charge in [-0.15, -0.1) is 0 Å². The first-order chi connectivity index (χ1) is 13.2. The van der Waals surface area contributed by atoms with Crippen molar-refractivity contribution in [2.24, 2.45) is 11.8 Å². The molecule has 1 aliphatic carbocycles. The van der Waals surface area contributed by atoms with Gasteiger partial charge in [0.05, 0.1) is 11.3 Å². The maximum Gasteiger partial charge on any atom is 0.419 e. The molecule has 2 aromatic rings. The number of hydrogen-bond acceptors (Lipinski definition) is 4. The fraction of sp³-hybridized carbons (Fsp3) is 0.579. The molecule has 0 aromatic carbocycles. The van der Waals surface area contributed by atoms with Gasteiger partial charge < -0.3 is 15.2 Å². The van der Waals surface area contributed by atoms with Gasteiger partial charge >= 0.3 is 6.18 Å². The van der Waals surface area contributed by atoms with Crippen molar-refractivity contribution >= 4 is 5.82 Å². The molecule has 2 fully saturated rings. The predicted molar refractivity (Wildman–Crippen MR) is 97.4 cm³/mol. The Labute approximate surface area is 160 Å². The standard InChI is InChI=1S/C19H23F4N5/c1-10(2)18-26-15(11-5-14(19(21,22)23)17(24)25-6-11)9-28(18)16-12-7-27(4-3-20)8-13(12)16/h5-6,9-10,12-13,16H,3-4,7-8H2,1-2H3,(H2,24,25)/t12-,13+,16-. The van der Waals surface area contributed by atoms with Crippen LogP contribution in [0.3, 0.4) is 0 Å². The van der Waals surface area contributed by atoms with Crippen molar-refractivity contribution in [3.63, 3.8) is 0 Å². The molecular formula is C19H23F4N5. The van der Waals surface area contributed by atoms with Crippen molar-refractivity contribution < 1.29 is 17.6 Å². The Balaban J connectivity index is 1.64. The lowest BCUT2D eigenvalue weighted by Gasteiger charge is -2.19. The molecule has 152 valence electrons. The fourth-order valence-electron chi connectivity index (χ4n) is 4.35. The number of nitrogen functional groups attached to an aromatic ring is 1. The van der Waals surface area contributed by atoms with Crippen LogP contribution in [0.25, 0.3) is 11.3 Å². The van der Waals surface area contributed by atoms with Crippen LogP contribution in [0.1, 0.15) is 37.2 Å². The average Bonchev–Trinajstić information content (AvgIpc) is 2.98. The summed E-state index contributed by atoms with van der Waals surface area (Å²) < 4.78 is 54.2. The summed E-state index contributed by atoms with van der Waals surface area (Å²) in [7, 11) is 0. The van der Waals surface area contributed by atoms with Crippen LogP contribution < -0.4 is 5.73 Å². The summed E-state index contributed by atoms with van der Waals surface area (Å²) >= 11 is 0. The molecule has 2 aliphatic rings. The van der Waals surface area contributed by atoms with Crippen LogP contribution in [0, 0.1) is 11.8 Å². The zero-order chi connectivity index (χ0) is 20.2. The second-order valence-electron chi connectivity index (χ2n) is 7.97. The third kappa shape index (κ3) is 3.25. The van der Waals surface area contributed by atoms with Gasteiger partial charge in [0.25, 0.3) is 0 Å². The summed E-state index contributed by atoms with van der Waals surface area (Å²) in [5.74, 6) is 1.32. The molecular weight excluding hydrogens is 374 g/mol. The van der Waals surface area contributed by atoms with E-state index in [1.165, 1.54) is 6.20 Å². The van der Waals surface area contributed by atoms with Crippen molar-refractivity contribution in [3.05, 3.63) is 29.8 Å². The van der Waals surface area contributed by atoms with E-state index in [9.17, 15) is 17.6 Å². The normalized spacial score (nSPS) is 24.8. The van der Waals surface area contributed by atoms with Gasteiger partial charge in [0, 0.05) is 49.6 Å². The average molecular weight is 397 g/mol. The van der Waals surface area contributed by atoms with Crippen LogP contribution in [0.2, 0.25) is 0 Å². The van der Waals surface area contributed by atoms with Gasteiger partial charge in [-0.3, -0.25) is 0 Å². The van der Waals surface area contributed by atoms with E-state index in [1.54, 1.807) is 0 Å². The van der Waals surface area contributed by atoms with Gasteiger partial charge in [0.1, 0.15) is 18.3 Å². The smallest absolute Gasteiger partial charge is 0.383 e. The largest absolute Gasteiger partial charge is 0.419 e. The predicted octanol–water partition coefficient (Wildman–Crippen LogP) is 3.74. The summed E-state index contributed by atoms with van der Waals surface area (Å²) in [4.78, 5) is 10.5. The van der Waals surface area contributed by atoms with Gasteiger partial charge in [-0.1, -0.05) is 13.8 Å². The summed E-state index contributed by atoms with van der Waals surface area (Å²) in [6, 6.07) is 1.29. The highest BCUT2D eigenvalue weighted by Crippen LogP contribution is 2.56. The molecule has 3 heterocycles. The Morgan fingerprint density at radius 3 is 2.50 bits per heavy atom. The Morgan fingerprint density at radius 2 is 1.93 bits per heavy atom. The Hall–Kier alpha value is -2.16. The number of likely N-dealkylation sites (tertiary alicyclic amines) is 1. The number of hydrogen-bond donors (Lipinski definition) is 1. The van der Waals surface area contributed by atoms with Crippen LogP contribution in [-0.2, 0) is 6.18 Å². The topological polar surface area (TPSA) is 60.0 Å². The van der Waals surface area contributed by atoms with Crippen LogP contribution in [0.4, 0.5) is 23.4 Å². The molecule has 0 radical (unpaired) electrons. The minimum absolute atomic E-state index is 0.126. The molecule has 1 saturated carbocycles. The number of rotatable bonds is 5. The first kappa shape index (κ1) is 19.2. The minimum atomic E-state index is -4.57. The summed E-state index contributed by atoms with van der Waals surface area (Å²) in [6.07, 6.45) is -1.41. The highest BCUT2D eigenvalue weighted by molar-refractivity contribution is 5.62. The molecule has 3 atom stereocenters. The molecule has 9 heteroatoms. The van der Waals surface area contributed by atoms with Gasteiger partial charge in [0.15, 0.2) is 0 Å². The van der Waals surface area contributed by atoms with Crippen LogP contribution >= 0.6 is 0 Å². The molecule has 0 spiro atoms. The molecule has 4 rings (SSSR count). The third-order valence-electron chi connectivity index (χ3n) is 5.74. The molecule has 1 saturated heterocycles. The first-order valence-corrected chi connectivity index (χ1v) is 9.41. The van der Waals surface area contributed by atoms with Gasteiger partial charge in [-0.25, -0.2) is 14.4 Å². The van der Waals surface area contributed by atoms with Gasteiger partial charge in [-0.2, -0.15) is 13.2 Å². The lowest BCUT2D eigenvalue weighted by Crippen LogP contribution is -2.27. The quantitative estimate of drug-likeness (QED) is 0.781. The van der Waals surface area contributed by atoms with E-state index in [0.29, 0.717) is 29.6 Å². The maximum absolute atomic E-state index is 13.2. The summed E-state index contributed by atoms with van der Waals surface area (Å²) in [6.45, 7) is 5.85. The van der Waals surface area contributed by atoms with E-state index in [2.05, 4.69) is 19.4 Å². The number of aromatic nitrogens is 3. The Kier molecular flexibility index (Phi) is 4.60. The van der Waals surface area contributed by atoms with Gasteiger partial charge in [0.2, 0.25) is 0 Å². The Bertz CT molecular complexity index is 864. The van der Waals surface area contributed by atoms with E-state index in [-0.39, 0.29) is 18.6 Å². The number of pyridine rings is 1. The van der Waals surface area contributed by atoms with E-state index < -0.39 is 17.6 Å². The second-order valence-corrected chi connectivity index (χ2v) is 7.97. The molecule has 5 nitrogen and oxygen atoms in total. The Morgan fingerprint density at radius 1 is 1.25 bits per heavy atom. The maximum atomic E-state index is 13.2. The van der Waals surface area contributed by atoms with Gasteiger partial charge in [-0.05, 0) is 17.9 Å². The first-order valence-electron chi connectivity index (χ1n) is 9.41. The monoisotopic (exact) mass is 397 g/mol. The van der Waals surface area contributed by atoms with Crippen LogP contribution in [0.15, 0.2) is 18.5 Å². The molecule has 0 amide bonds. The fourth-order valence-corrected chi connectivity index (χ4v) is 4.35. The van der Waals surface area contributed by atoms with E-state index >= 15 is 0 Å². The summed E-state index contributed by atoms with van der Waals surface area (Å²) in [5.41, 5.74) is 5.22. The van der Waals surface area contributed by atoms with Crippen molar-refractivity contribution in [3.8, 4) is 11.3 Å². The zero-order valence-corrected chi connectivity index (χ0v) is 15.7. The number of nitrogens with zero attached hydrogens (tertiary/aromatic N) is 4. The number of halogens is 4. The molecule has 0 bridgehead atoms. The highest BCUT2D eigenvalue weighted by Gasteiger charge is 2.57. The number of piperidine rings is 1. The number of imidazole rings is 1. The molecule has 2 N–H and O–H groups in total. The molecule has 2 aromatic heterocycles. The molecule has 28 heavy (non-hydrogen) atoms. The lowest BCUT2D eigenvalue weighted by molar-refractivity contribution is -0.137.